The molecule has 0 unspecified atom stereocenters. The van der Waals surface area contributed by atoms with Crippen molar-refractivity contribution in [1.29, 1.82) is 0 Å². The molecule has 0 aliphatic heterocycles. The number of benzene rings is 1. The third kappa shape index (κ3) is 2.90. The molecule has 0 N–H and O–H groups in total. The fraction of sp³-hybridized carbons (Fsp3) is 0. The minimum Gasteiger partial charge on any atom is 0 e. The van der Waals surface area contributed by atoms with Crippen LogP contribution < -0.4 is 3.58 Å². The van der Waals surface area contributed by atoms with Crippen molar-refractivity contribution in [3.63, 3.8) is 0 Å². The van der Waals surface area contributed by atoms with E-state index in [2.05, 4.69) is 24.3 Å². The smallest absolute Gasteiger partial charge is 0 e. The van der Waals surface area contributed by atoms with E-state index in [0.717, 1.165) is 0 Å². The molecule has 0 saturated heterocycles. The van der Waals surface area contributed by atoms with Crippen molar-refractivity contribution in [2.24, 2.45) is 0 Å². The average molecular weight is 245 g/mol. The fourth-order valence-corrected chi connectivity index (χ4v) is 1.09. The van der Waals surface area contributed by atoms with Gasteiger partial charge in [0.1, 0.15) is 0 Å². The van der Waals surface area contributed by atoms with E-state index < -0.39 is 0 Å². The molecule has 1 aromatic rings. The first-order valence-corrected chi connectivity index (χ1v) is 3.85. The molecule has 0 amide bonds. The summed E-state index contributed by atoms with van der Waals surface area (Å²) in [6, 6.07) is 10.5. The van der Waals surface area contributed by atoms with Crippen molar-refractivity contribution in [1.82, 2.24) is 0 Å². The summed E-state index contributed by atoms with van der Waals surface area (Å²) in [5.74, 6) is 0. The minimum absolute atomic E-state index is 0. The molecule has 0 saturated carbocycles. The zero-order chi connectivity index (χ0) is 5.11. The molecule has 0 spiro atoms. The molecule has 1 rings (SSSR count). The van der Waals surface area contributed by atoms with Crippen LogP contribution in [0.4, 0.5) is 0 Å². The minimum atomic E-state index is 0. The maximum Gasteiger partial charge on any atom is 0 e. The van der Waals surface area contributed by atoms with E-state index in [1.807, 2.05) is 6.07 Å². The summed E-state index contributed by atoms with van der Waals surface area (Å²) >= 11 is 1.23. The van der Waals surface area contributed by atoms with Crippen molar-refractivity contribution in [2.45, 2.75) is 0 Å². The first-order valence-electron chi connectivity index (χ1n) is 2.20. The van der Waals surface area contributed by atoms with E-state index in [-0.39, 0.29) is 21.7 Å². The molecule has 2 radical (unpaired) electrons. The number of hydrogen-bond donors (Lipinski definition) is 0. The van der Waals surface area contributed by atoms with Gasteiger partial charge in [-0.3, -0.25) is 0 Å². The van der Waals surface area contributed by atoms with Gasteiger partial charge in [0, 0.05) is 21.7 Å². The second kappa shape index (κ2) is 4.60. The van der Waals surface area contributed by atoms with E-state index in [1.54, 1.807) is 0 Å². The van der Waals surface area contributed by atoms with Crippen molar-refractivity contribution >= 4 is 26.1 Å². The molecule has 0 aromatic heterocycles. The molecule has 0 aliphatic carbocycles. The summed E-state index contributed by atoms with van der Waals surface area (Å²) in [5, 5.41) is 0. The van der Waals surface area contributed by atoms with Crippen LogP contribution in [-0.2, 0) is 21.7 Å². The zero-order valence-electron chi connectivity index (χ0n) is 4.46. The Bertz CT molecular complexity index is 138. The maximum atomic E-state index is 2.14. The number of rotatable bonds is 0. The Morgan fingerprint density at radius 3 is 1.75 bits per heavy atom. The molecular weight excluding hydrogens is 239 g/mol. The molecule has 1 aromatic carbocycles. The Balaban J connectivity index is 0.000000490. The van der Waals surface area contributed by atoms with Crippen LogP contribution in [0.2, 0.25) is 0 Å². The second-order valence-electron chi connectivity index (χ2n) is 1.41. The molecule has 0 bridgehead atoms. The Labute approximate surface area is 77.6 Å². The SMILES string of the molecule is [SnH][c]1ccccc1.[Ti]. The second-order valence-corrected chi connectivity index (χ2v) is 3.31. The monoisotopic (exact) mass is 246 g/mol. The van der Waals surface area contributed by atoms with Crippen molar-refractivity contribution < 1.29 is 21.7 Å². The van der Waals surface area contributed by atoms with Crippen LogP contribution in [0.15, 0.2) is 30.3 Å². The first-order chi connectivity index (χ1) is 3.39. The molecule has 0 heterocycles. The largest absolute Gasteiger partial charge is 0 e. The summed E-state index contributed by atoms with van der Waals surface area (Å²) in [6.07, 6.45) is 0. The van der Waals surface area contributed by atoms with Crippen LogP contribution in [0, 0.1) is 0 Å². The Morgan fingerprint density at radius 2 is 1.50 bits per heavy atom. The summed E-state index contributed by atoms with van der Waals surface area (Å²) in [5.41, 5.74) is 0. The van der Waals surface area contributed by atoms with Gasteiger partial charge in [0.15, 0.2) is 0 Å². The normalized spacial score (nSPS) is 7.62. The van der Waals surface area contributed by atoms with Gasteiger partial charge in [-0.2, -0.15) is 0 Å². The molecule has 0 aliphatic rings. The molecular formula is C6H6SnTi. The van der Waals surface area contributed by atoms with E-state index in [1.165, 1.54) is 26.1 Å². The standard InChI is InChI=1S/C6H5.Sn.Ti.H/c1-2-4-6-5-3-1;;;/h1-5H;;;. The zero-order valence-corrected chi connectivity index (χ0v) is 9.32. The average Bonchev–Trinajstić information content (AvgIpc) is 1.69. The van der Waals surface area contributed by atoms with Gasteiger partial charge < -0.3 is 0 Å². The third-order valence-corrected chi connectivity index (χ3v) is 1.90. The molecule has 8 heavy (non-hydrogen) atoms. The van der Waals surface area contributed by atoms with Gasteiger partial charge >= 0.3 is 56.4 Å². The van der Waals surface area contributed by atoms with Gasteiger partial charge in [-0.1, -0.05) is 0 Å². The van der Waals surface area contributed by atoms with E-state index >= 15 is 0 Å². The van der Waals surface area contributed by atoms with E-state index in [9.17, 15) is 0 Å². The van der Waals surface area contributed by atoms with Crippen molar-refractivity contribution in [3.8, 4) is 0 Å². The van der Waals surface area contributed by atoms with Gasteiger partial charge in [-0.05, 0) is 0 Å². The Kier molecular flexibility index (Phi) is 5.02. The topological polar surface area (TPSA) is 0 Å². The third-order valence-electron chi connectivity index (χ3n) is 0.800. The van der Waals surface area contributed by atoms with Crippen LogP contribution in [-0.4, -0.2) is 22.5 Å². The fourth-order valence-electron chi connectivity index (χ4n) is 0.453. The van der Waals surface area contributed by atoms with Crippen molar-refractivity contribution in [3.05, 3.63) is 30.3 Å². The molecule has 0 atom stereocenters. The van der Waals surface area contributed by atoms with Crippen molar-refractivity contribution in [2.75, 3.05) is 0 Å². The summed E-state index contributed by atoms with van der Waals surface area (Å²) in [4.78, 5) is 0. The first kappa shape index (κ1) is 8.73. The van der Waals surface area contributed by atoms with Crippen LogP contribution in [0.1, 0.15) is 0 Å². The van der Waals surface area contributed by atoms with Crippen LogP contribution in [0.25, 0.3) is 0 Å². The molecule has 0 nitrogen and oxygen atoms in total. The van der Waals surface area contributed by atoms with E-state index in [4.69, 9.17) is 0 Å². The van der Waals surface area contributed by atoms with E-state index in [0.29, 0.717) is 0 Å². The summed E-state index contributed by atoms with van der Waals surface area (Å²) in [7, 11) is 0. The van der Waals surface area contributed by atoms with Crippen LogP contribution in [0.3, 0.4) is 0 Å². The van der Waals surface area contributed by atoms with Gasteiger partial charge in [0.2, 0.25) is 0 Å². The predicted molar refractivity (Wildman–Crippen MR) is 33.2 cm³/mol. The molecule has 38 valence electrons. The Hall–Kier alpha value is 0.733. The number of hydrogen-bond acceptors (Lipinski definition) is 0. The van der Waals surface area contributed by atoms with Gasteiger partial charge in [0.05, 0.1) is 0 Å². The van der Waals surface area contributed by atoms with Crippen LogP contribution in [0.5, 0.6) is 0 Å². The summed E-state index contributed by atoms with van der Waals surface area (Å²) < 4.78 is 1.45. The maximum absolute atomic E-state index is 2.14. The van der Waals surface area contributed by atoms with Crippen LogP contribution >= 0.6 is 0 Å². The summed E-state index contributed by atoms with van der Waals surface area (Å²) in [6.45, 7) is 0. The van der Waals surface area contributed by atoms with Gasteiger partial charge in [0.25, 0.3) is 0 Å². The molecule has 2 heteroatoms. The van der Waals surface area contributed by atoms with Gasteiger partial charge in [-0.15, -0.1) is 0 Å². The molecule has 0 fully saturated rings. The quantitative estimate of drug-likeness (QED) is 0.573. The Morgan fingerprint density at radius 1 is 1.00 bits per heavy atom. The van der Waals surface area contributed by atoms with Gasteiger partial charge in [-0.25, -0.2) is 0 Å². The predicted octanol–water partition coefficient (Wildman–Crippen LogP) is 0.210.